The molecule has 6 heteroatoms. The number of rotatable bonds is 4. The Morgan fingerprint density at radius 1 is 1.29 bits per heavy atom. The van der Waals surface area contributed by atoms with Crippen molar-refractivity contribution < 1.29 is 18.3 Å². The van der Waals surface area contributed by atoms with E-state index in [2.05, 4.69) is 0 Å². The van der Waals surface area contributed by atoms with Gasteiger partial charge in [-0.15, -0.1) is 0 Å². The number of aliphatic carboxylic acids is 1. The molecular weight excluding hydrogens is 242 g/mol. The van der Waals surface area contributed by atoms with E-state index in [0.717, 1.165) is 0 Å². The van der Waals surface area contributed by atoms with E-state index in [1.54, 1.807) is 30.3 Å². The van der Waals surface area contributed by atoms with E-state index in [4.69, 9.17) is 5.11 Å². The van der Waals surface area contributed by atoms with Crippen molar-refractivity contribution in [3.8, 4) is 0 Å². The van der Waals surface area contributed by atoms with Crippen molar-refractivity contribution >= 4 is 16.0 Å². The highest BCUT2D eigenvalue weighted by Crippen LogP contribution is 2.26. The van der Waals surface area contributed by atoms with Gasteiger partial charge in [-0.2, -0.15) is 4.31 Å². The van der Waals surface area contributed by atoms with E-state index >= 15 is 0 Å². The number of hydrogen-bond acceptors (Lipinski definition) is 3. The minimum Gasteiger partial charge on any atom is -0.481 e. The molecule has 1 aromatic carbocycles. The van der Waals surface area contributed by atoms with Crippen molar-refractivity contribution in [3.05, 3.63) is 30.3 Å². The summed E-state index contributed by atoms with van der Waals surface area (Å²) >= 11 is 0. The number of benzene rings is 1. The lowest BCUT2D eigenvalue weighted by Gasteiger charge is -2.37. The monoisotopic (exact) mass is 255 g/mol. The molecule has 17 heavy (non-hydrogen) atoms. The van der Waals surface area contributed by atoms with Crippen LogP contribution in [0, 0.1) is 5.92 Å². The fraction of sp³-hybridized carbons (Fsp3) is 0.364. The first kappa shape index (κ1) is 12.1. The largest absolute Gasteiger partial charge is 0.481 e. The number of carboxylic acid groups (broad SMARTS) is 1. The van der Waals surface area contributed by atoms with Gasteiger partial charge in [-0.3, -0.25) is 4.79 Å². The molecule has 1 N–H and O–H groups in total. The van der Waals surface area contributed by atoms with Crippen LogP contribution in [0.5, 0.6) is 0 Å². The van der Waals surface area contributed by atoms with E-state index in [1.807, 2.05) is 0 Å². The van der Waals surface area contributed by atoms with Crippen LogP contribution >= 0.6 is 0 Å². The van der Waals surface area contributed by atoms with Gasteiger partial charge in [0.1, 0.15) is 0 Å². The minimum absolute atomic E-state index is 0.0286. The van der Waals surface area contributed by atoms with Crippen LogP contribution in [0.2, 0.25) is 0 Å². The Balaban J connectivity index is 2.04. The number of carbonyl (C=O) groups is 1. The lowest BCUT2D eigenvalue weighted by atomic mass is 10.00. The van der Waals surface area contributed by atoms with Crippen LogP contribution in [0.4, 0.5) is 0 Å². The molecule has 0 unspecified atom stereocenters. The SMILES string of the molecule is O=C(O)CC1CN(S(=O)(=O)c2ccccc2)C1. The summed E-state index contributed by atoms with van der Waals surface area (Å²) in [5.74, 6) is -0.947. The summed E-state index contributed by atoms with van der Waals surface area (Å²) in [6, 6.07) is 8.17. The first-order chi connectivity index (χ1) is 8.00. The highest BCUT2D eigenvalue weighted by Gasteiger charge is 2.37. The summed E-state index contributed by atoms with van der Waals surface area (Å²) in [5.41, 5.74) is 0. The Bertz CT molecular complexity index is 506. The zero-order chi connectivity index (χ0) is 12.5. The van der Waals surface area contributed by atoms with Crippen molar-refractivity contribution in [1.82, 2.24) is 4.31 Å². The first-order valence-corrected chi connectivity index (χ1v) is 6.71. The summed E-state index contributed by atoms with van der Waals surface area (Å²) in [6.07, 6.45) is 0.0286. The zero-order valence-corrected chi connectivity index (χ0v) is 9.93. The molecule has 1 aliphatic heterocycles. The van der Waals surface area contributed by atoms with Crippen LogP contribution in [0.1, 0.15) is 6.42 Å². The summed E-state index contributed by atoms with van der Waals surface area (Å²) in [6.45, 7) is 0.590. The number of hydrogen-bond donors (Lipinski definition) is 1. The van der Waals surface area contributed by atoms with E-state index < -0.39 is 16.0 Å². The summed E-state index contributed by atoms with van der Waals surface area (Å²) in [5, 5.41) is 8.59. The van der Waals surface area contributed by atoms with Crippen molar-refractivity contribution in [1.29, 1.82) is 0 Å². The van der Waals surface area contributed by atoms with Crippen LogP contribution in [0.25, 0.3) is 0 Å². The predicted octanol–water partition coefficient (Wildman–Crippen LogP) is 0.782. The molecule has 0 spiro atoms. The molecule has 5 nitrogen and oxygen atoms in total. The molecule has 92 valence electrons. The molecule has 1 aromatic rings. The molecule has 0 amide bonds. The topological polar surface area (TPSA) is 74.7 Å². The Morgan fingerprint density at radius 3 is 2.41 bits per heavy atom. The van der Waals surface area contributed by atoms with Crippen LogP contribution < -0.4 is 0 Å². The highest BCUT2D eigenvalue weighted by molar-refractivity contribution is 7.89. The van der Waals surface area contributed by atoms with Gasteiger partial charge in [0.2, 0.25) is 10.0 Å². The average molecular weight is 255 g/mol. The molecule has 1 saturated heterocycles. The lowest BCUT2D eigenvalue weighted by Crippen LogP contribution is -2.50. The molecule has 1 aliphatic rings. The van der Waals surface area contributed by atoms with Crippen LogP contribution in [0.15, 0.2) is 35.2 Å². The molecule has 1 heterocycles. The van der Waals surface area contributed by atoms with Crippen LogP contribution in [0.3, 0.4) is 0 Å². The molecule has 0 radical (unpaired) electrons. The summed E-state index contributed by atoms with van der Waals surface area (Å²) in [7, 11) is -3.43. The van der Waals surface area contributed by atoms with Gasteiger partial charge >= 0.3 is 5.97 Å². The van der Waals surface area contributed by atoms with Crippen molar-refractivity contribution in [3.63, 3.8) is 0 Å². The van der Waals surface area contributed by atoms with Gasteiger partial charge < -0.3 is 5.11 Å². The normalized spacial score (nSPS) is 17.6. The van der Waals surface area contributed by atoms with Gasteiger partial charge in [0.25, 0.3) is 0 Å². The molecule has 0 saturated carbocycles. The minimum atomic E-state index is -3.43. The van der Waals surface area contributed by atoms with E-state index in [1.165, 1.54) is 4.31 Å². The Morgan fingerprint density at radius 2 is 1.88 bits per heavy atom. The molecule has 0 bridgehead atoms. The fourth-order valence-corrected chi connectivity index (χ4v) is 3.45. The van der Waals surface area contributed by atoms with Gasteiger partial charge in [-0.1, -0.05) is 18.2 Å². The third-order valence-corrected chi connectivity index (χ3v) is 4.61. The molecule has 0 aliphatic carbocycles. The van der Waals surface area contributed by atoms with Gasteiger partial charge in [0.15, 0.2) is 0 Å². The van der Waals surface area contributed by atoms with Gasteiger partial charge in [0, 0.05) is 13.1 Å². The van der Waals surface area contributed by atoms with Gasteiger partial charge in [0.05, 0.1) is 11.3 Å². The predicted molar refractivity (Wildman–Crippen MR) is 60.9 cm³/mol. The standard InChI is InChI=1S/C11H13NO4S/c13-11(14)6-9-7-12(8-9)17(15,16)10-4-2-1-3-5-10/h1-5,9H,6-8H2,(H,13,14). The smallest absolute Gasteiger partial charge is 0.303 e. The lowest BCUT2D eigenvalue weighted by molar-refractivity contribution is -0.139. The molecule has 0 atom stereocenters. The molecule has 0 aromatic heterocycles. The summed E-state index contributed by atoms with van der Waals surface area (Å²) < 4.78 is 25.4. The van der Waals surface area contributed by atoms with E-state index in [0.29, 0.717) is 13.1 Å². The van der Waals surface area contributed by atoms with Crippen LogP contribution in [-0.2, 0) is 14.8 Å². The van der Waals surface area contributed by atoms with Crippen molar-refractivity contribution in [2.45, 2.75) is 11.3 Å². The Labute approximate surface area is 99.7 Å². The second-order valence-electron chi connectivity index (χ2n) is 4.10. The number of sulfonamides is 1. The quantitative estimate of drug-likeness (QED) is 0.862. The van der Waals surface area contributed by atoms with Crippen molar-refractivity contribution in [2.75, 3.05) is 13.1 Å². The summed E-state index contributed by atoms with van der Waals surface area (Å²) in [4.78, 5) is 10.7. The first-order valence-electron chi connectivity index (χ1n) is 5.27. The highest BCUT2D eigenvalue weighted by atomic mass is 32.2. The maximum Gasteiger partial charge on any atom is 0.303 e. The second kappa shape index (κ2) is 4.46. The van der Waals surface area contributed by atoms with E-state index in [-0.39, 0.29) is 17.2 Å². The third kappa shape index (κ3) is 2.48. The second-order valence-corrected chi connectivity index (χ2v) is 6.04. The van der Waals surface area contributed by atoms with E-state index in [9.17, 15) is 13.2 Å². The Hall–Kier alpha value is -1.40. The molecule has 1 fully saturated rings. The molecular formula is C11H13NO4S. The van der Waals surface area contributed by atoms with Gasteiger partial charge in [-0.25, -0.2) is 8.42 Å². The third-order valence-electron chi connectivity index (χ3n) is 2.77. The molecule has 2 rings (SSSR count). The number of nitrogens with zero attached hydrogens (tertiary/aromatic N) is 1. The van der Waals surface area contributed by atoms with Crippen LogP contribution in [-0.4, -0.2) is 36.9 Å². The number of carboxylic acids is 1. The zero-order valence-electron chi connectivity index (χ0n) is 9.11. The maximum atomic E-state index is 12.0. The Kier molecular flexibility index (Phi) is 3.17. The van der Waals surface area contributed by atoms with Crippen molar-refractivity contribution in [2.24, 2.45) is 5.92 Å². The fourth-order valence-electron chi connectivity index (χ4n) is 1.84. The maximum absolute atomic E-state index is 12.0. The average Bonchev–Trinajstić information content (AvgIpc) is 2.23. The van der Waals surface area contributed by atoms with Gasteiger partial charge in [-0.05, 0) is 18.1 Å².